The molecule has 0 N–H and O–H groups in total. The van der Waals surface area contributed by atoms with E-state index in [-0.39, 0.29) is 0 Å². The lowest BCUT2D eigenvalue weighted by molar-refractivity contribution is 0.319. The zero-order valence-corrected chi connectivity index (χ0v) is 10.9. The summed E-state index contributed by atoms with van der Waals surface area (Å²) in [6, 6.07) is 11.4. The van der Waals surface area contributed by atoms with Crippen molar-refractivity contribution < 1.29 is 9.47 Å². The van der Waals surface area contributed by atoms with Crippen molar-refractivity contribution in [3.8, 4) is 17.6 Å². The molecule has 0 amide bonds. The number of methoxy groups -OCH3 is 1. The molecule has 2 rings (SSSR count). The Hall–Kier alpha value is -1.99. The Labute approximate surface area is 110 Å². The Bertz CT molecular complexity index is 543. The zero-order valence-electron chi connectivity index (χ0n) is 10.1. The highest BCUT2D eigenvalue weighted by Gasteiger charge is 2.05. The van der Waals surface area contributed by atoms with E-state index in [1.807, 2.05) is 11.4 Å². The van der Waals surface area contributed by atoms with Gasteiger partial charge < -0.3 is 9.47 Å². The molecule has 1 heterocycles. The first-order valence-corrected chi connectivity index (χ1v) is 6.45. The maximum Gasteiger partial charge on any atom is 0.140 e. The first-order valence-electron chi connectivity index (χ1n) is 5.57. The molecule has 0 aliphatic heterocycles. The molecule has 92 valence electrons. The second-order valence-electron chi connectivity index (χ2n) is 3.65. The van der Waals surface area contributed by atoms with Gasteiger partial charge >= 0.3 is 0 Å². The summed E-state index contributed by atoms with van der Waals surface area (Å²) in [5.41, 5.74) is 0.530. The Morgan fingerprint density at radius 2 is 2.22 bits per heavy atom. The fourth-order valence-corrected chi connectivity index (χ4v) is 2.25. The van der Waals surface area contributed by atoms with Crippen LogP contribution in [0.15, 0.2) is 35.7 Å². The highest BCUT2D eigenvalue weighted by Crippen LogP contribution is 2.24. The topological polar surface area (TPSA) is 42.2 Å². The van der Waals surface area contributed by atoms with Gasteiger partial charge in [0.05, 0.1) is 19.3 Å². The van der Waals surface area contributed by atoms with Gasteiger partial charge in [0.1, 0.15) is 17.6 Å². The van der Waals surface area contributed by atoms with Crippen molar-refractivity contribution in [3.05, 3.63) is 46.2 Å². The quantitative estimate of drug-likeness (QED) is 0.827. The van der Waals surface area contributed by atoms with Crippen molar-refractivity contribution in [2.75, 3.05) is 13.7 Å². The van der Waals surface area contributed by atoms with E-state index in [4.69, 9.17) is 14.7 Å². The number of thiophene rings is 1. The summed E-state index contributed by atoms with van der Waals surface area (Å²) < 4.78 is 10.8. The predicted octanol–water partition coefficient (Wildman–Crippen LogP) is 3.25. The monoisotopic (exact) mass is 259 g/mol. The molecular formula is C14H13NO2S. The molecule has 0 saturated carbocycles. The van der Waals surface area contributed by atoms with Crippen molar-refractivity contribution in [2.24, 2.45) is 0 Å². The van der Waals surface area contributed by atoms with Gasteiger partial charge in [-0.2, -0.15) is 5.26 Å². The minimum absolute atomic E-state index is 0.530. The summed E-state index contributed by atoms with van der Waals surface area (Å²) in [4.78, 5) is 1.27. The summed E-state index contributed by atoms with van der Waals surface area (Å²) in [5.74, 6) is 1.27. The summed E-state index contributed by atoms with van der Waals surface area (Å²) in [5, 5.41) is 11.0. The van der Waals surface area contributed by atoms with Crippen LogP contribution in [0, 0.1) is 11.3 Å². The molecule has 3 nitrogen and oxygen atoms in total. The molecule has 0 atom stereocenters. The van der Waals surface area contributed by atoms with Crippen molar-refractivity contribution in [2.45, 2.75) is 6.42 Å². The molecule has 0 saturated heterocycles. The lowest BCUT2D eigenvalue weighted by Gasteiger charge is -2.08. The van der Waals surface area contributed by atoms with E-state index in [0.29, 0.717) is 23.7 Å². The predicted molar refractivity (Wildman–Crippen MR) is 71.2 cm³/mol. The van der Waals surface area contributed by atoms with Crippen LogP contribution in [0.2, 0.25) is 0 Å². The third-order valence-corrected chi connectivity index (χ3v) is 3.43. The molecule has 4 heteroatoms. The maximum atomic E-state index is 9.00. The maximum absolute atomic E-state index is 9.00. The molecule has 0 bridgehead atoms. The number of ether oxygens (including phenoxy) is 2. The lowest BCUT2D eigenvalue weighted by Crippen LogP contribution is -2.01. The highest BCUT2D eigenvalue weighted by atomic mass is 32.1. The molecule has 0 spiro atoms. The van der Waals surface area contributed by atoms with Crippen molar-refractivity contribution in [1.29, 1.82) is 5.26 Å². The van der Waals surface area contributed by atoms with Gasteiger partial charge in [0.15, 0.2) is 0 Å². The first kappa shape index (κ1) is 12.5. The Morgan fingerprint density at radius 1 is 1.33 bits per heavy atom. The SMILES string of the molecule is COc1ccc(C#N)c(OCCc2cccs2)c1. The summed E-state index contributed by atoms with van der Waals surface area (Å²) in [6.07, 6.45) is 0.847. The first-order chi connectivity index (χ1) is 8.83. The van der Waals surface area contributed by atoms with Gasteiger partial charge in [0.2, 0.25) is 0 Å². The molecular weight excluding hydrogens is 246 g/mol. The smallest absolute Gasteiger partial charge is 0.140 e. The summed E-state index contributed by atoms with van der Waals surface area (Å²) in [6.45, 7) is 0.558. The normalized spacial score (nSPS) is 9.78. The largest absolute Gasteiger partial charge is 0.497 e. The fraction of sp³-hybridized carbons (Fsp3) is 0.214. The van der Waals surface area contributed by atoms with Gasteiger partial charge in [-0.1, -0.05) is 6.07 Å². The third-order valence-electron chi connectivity index (χ3n) is 2.50. The Morgan fingerprint density at radius 3 is 2.89 bits per heavy atom. The zero-order chi connectivity index (χ0) is 12.8. The number of hydrogen-bond donors (Lipinski definition) is 0. The van der Waals surface area contributed by atoms with Crippen LogP contribution < -0.4 is 9.47 Å². The van der Waals surface area contributed by atoms with E-state index in [9.17, 15) is 0 Å². The van der Waals surface area contributed by atoms with E-state index < -0.39 is 0 Å². The van der Waals surface area contributed by atoms with E-state index in [1.165, 1.54) is 4.88 Å². The number of rotatable bonds is 5. The van der Waals surface area contributed by atoms with Crippen LogP contribution in [-0.4, -0.2) is 13.7 Å². The van der Waals surface area contributed by atoms with Crippen molar-refractivity contribution >= 4 is 11.3 Å². The fourth-order valence-electron chi connectivity index (χ4n) is 1.56. The number of hydrogen-bond acceptors (Lipinski definition) is 4. The molecule has 2 aromatic rings. The van der Waals surface area contributed by atoms with Crippen LogP contribution in [0.3, 0.4) is 0 Å². The summed E-state index contributed by atoms with van der Waals surface area (Å²) in [7, 11) is 1.59. The van der Waals surface area contributed by atoms with Gasteiger partial charge in [-0.3, -0.25) is 0 Å². The van der Waals surface area contributed by atoms with Crippen molar-refractivity contribution in [3.63, 3.8) is 0 Å². The van der Waals surface area contributed by atoms with Crippen molar-refractivity contribution in [1.82, 2.24) is 0 Å². The van der Waals surface area contributed by atoms with Crippen LogP contribution in [0.25, 0.3) is 0 Å². The second kappa shape index (κ2) is 6.08. The van der Waals surface area contributed by atoms with Gasteiger partial charge in [0.25, 0.3) is 0 Å². The third kappa shape index (κ3) is 3.02. The number of nitrogens with zero attached hydrogens (tertiary/aromatic N) is 1. The number of nitriles is 1. The average molecular weight is 259 g/mol. The second-order valence-corrected chi connectivity index (χ2v) is 4.68. The van der Waals surface area contributed by atoms with Crippen LogP contribution in [0.1, 0.15) is 10.4 Å². The van der Waals surface area contributed by atoms with Crippen LogP contribution in [-0.2, 0) is 6.42 Å². The summed E-state index contributed by atoms with van der Waals surface area (Å²) >= 11 is 1.71. The molecule has 1 aromatic carbocycles. The Kier molecular flexibility index (Phi) is 4.21. The molecule has 1 aromatic heterocycles. The molecule has 0 fully saturated rings. The molecule has 0 aliphatic carbocycles. The lowest BCUT2D eigenvalue weighted by atomic mass is 10.2. The van der Waals surface area contributed by atoms with Gasteiger partial charge in [-0.15, -0.1) is 11.3 Å². The van der Waals surface area contributed by atoms with Gasteiger partial charge in [-0.05, 0) is 23.6 Å². The van der Waals surface area contributed by atoms with Gasteiger partial charge in [-0.25, -0.2) is 0 Å². The minimum atomic E-state index is 0.530. The minimum Gasteiger partial charge on any atom is -0.497 e. The van der Waals surface area contributed by atoms with E-state index in [1.54, 1.807) is 36.6 Å². The van der Waals surface area contributed by atoms with E-state index in [0.717, 1.165) is 6.42 Å². The molecule has 0 unspecified atom stereocenters. The van der Waals surface area contributed by atoms with E-state index in [2.05, 4.69) is 12.1 Å². The van der Waals surface area contributed by atoms with Crippen LogP contribution in [0.4, 0.5) is 0 Å². The highest BCUT2D eigenvalue weighted by molar-refractivity contribution is 7.09. The van der Waals surface area contributed by atoms with Crippen LogP contribution >= 0.6 is 11.3 Å². The molecule has 18 heavy (non-hydrogen) atoms. The number of benzene rings is 1. The molecule has 0 radical (unpaired) electrons. The van der Waals surface area contributed by atoms with E-state index >= 15 is 0 Å². The Balaban J connectivity index is 2.01. The van der Waals surface area contributed by atoms with Crippen LogP contribution in [0.5, 0.6) is 11.5 Å². The standard InChI is InChI=1S/C14H13NO2S/c1-16-12-5-4-11(10-15)14(9-12)17-7-6-13-3-2-8-18-13/h2-5,8-9H,6-7H2,1H3. The van der Waals surface area contributed by atoms with Gasteiger partial charge in [0, 0.05) is 17.4 Å². The molecule has 0 aliphatic rings. The average Bonchev–Trinajstić information content (AvgIpc) is 2.92.